The molecule has 31 heavy (non-hydrogen) atoms. The van der Waals surface area contributed by atoms with Crippen LogP contribution in [0.3, 0.4) is 0 Å². The molecule has 0 radical (unpaired) electrons. The first-order valence-electron chi connectivity index (χ1n) is 9.43. The van der Waals surface area contributed by atoms with Gasteiger partial charge in [0.15, 0.2) is 0 Å². The highest BCUT2D eigenvalue weighted by Gasteiger charge is 2.17. The maximum Gasteiger partial charge on any atom is 0.264 e. The predicted octanol–water partition coefficient (Wildman–Crippen LogP) is 4.55. The van der Waals surface area contributed by atoms with E-state index in [0.717, 1.165) is 28.5 Å². The molecule has 156 valence electrons. The van der Waals surface area contributed by atoms with E-state index in [4.69, 9.17) is 20.5 Å². The minimum atomic E-state index is -3.51. The van der Waals surface area contributed by atoms with Gasteiger partial charge in [-0.1, -0.05) is 41.8 Å². The van der Waals surface area contributed by atoms with Crippen molar-refractivity contribution in [2.24, 2.45) is 0 Å². The van der Waals surface area contributed by atoms with Gasteiger partial charge >= 0.3 is 0 Å². The molecular formula is C24H18ClNO4S. The molecule has 0 saturated heterocycles. The van der Waals surface area contributed by atoms with Gasteiger partial charge in [-0.2, -0.15) is 8.42 Å². The zero-order valence-electron chi connectivity index (χ0n) is 16.6. The van der Waals surface area contributed by atoms with E-state index in [-0.39, 0.29) is 6.61 Å². The number of aromatic nitrogens is 1. The maximum atomic E-state index is 11.1. The number of fused-ring (bicyclic) bond motifs is 1. The highest BCUT2D eigenvalue weighted by Crippen LogP contribution is 2.27. The molecule has 1 unspecified atom stereocenters. The zero-order valence-corrected chi connectivity index (χ0v) is 18.2. The molecule has 5 nitrogen and oxygen atoms in total. The van der Waals surface area contributed by atoms with Crippen LogP contribution in [-0.4, -0.2) is 32.4 Å². The van der Waals surface area contributed by atoms with Crippen LogP contribution in [0.2, 0.25) is 5.02 Å². The number of ether oxygens (including phenoxy) is 1. The molecule has 0 bridgehead atoms. The number of hydrogen-bond acceptors (Lipinski definition) is 5. The lowest BCUT2D eigenvalue weighted by atomic mass is 10.1. The van der Waals surface area contributed by atoms with Gasteiger partial charge in [-0.25, -0.2) is 4.98 Å². The largest absolute Gasteiger partial charge is 0.483 e. The topological polar surface area (TPSA) is 65.5 Å². The summed E-state index contributed by atoms with van der Waals surface area (Å²) in [7, 11) is -3.51. The minimum Gasteiger partial charge on any atom is -0.483 e. The second-order valence-corrected chi connectivity index (χ2v) is 9.03. The van der Waals surface area contributed by atoms with E-state index < -0.39 is 16.2 Å². The SMILES string of the molecule is CS(=O)(=O)OCC1C=Cc2cc(C#Cc3ccc(-c4ccc(Cl)cc4)cn3)ccc2O1. The van der Waals surface area contributed by atoms with Gasteiger partial charge in [-0.05, 0) is 54.0 Å². The number of benzene rings is 2. The Balaban J connectivity index is 1.45. The molecule has 0 saturated carbocycles. The first kappa shape index (κ1) is 21.1. The predicted molar refractivity (Wildman–Crippen MR) is 121 cm³/mol. The molecule has 0 spiro atoms. The van der Waals surface area contributed by atoms with Gasteiger partial charge in [0.05, 0.1) is 6.26 Å². The van der Waals surface area contributed by atoms with E-state index in [1.165, 1.54) is 0 Å². The van der Waals surface area contributed by atoms with Crippen LogP contribution in [0, 0.1) is 11.8 Å². The summed E-state index contributed by atoms with van der Waals surface area (Å²) < 4.78 is 32.8. The third-order valence-corrected chi connectivity index (χ3v) is 5.32. The van der Waals surface area contributed by atoms with E-state index in [9.17, 15) is 8.42 Å². The molecule has 0 N–H and O–H groups in total. The monoisotopic (exact) mass is 451 g/mol. The molecule has 7 heteroatoms. The van der Waals surface area contributed by atoms with Gasteiger partial charge in [0.2, 0.25) is 0 Å². The second-order valence-electron chi connectivity index (χ2n) is 6.95. The van der Waals surface area contributed by atoms with Crippen LogP contribution < -0.4 is 4.74 Å². The highest BCUT2D eigenvalue weighted by molar-refractivity contribution is 7.85. The number of rotatable bonds is 4. The summed E-state index contributed by atoms with van der Waals surface area (Å²) in [6.07, 6.45) is 5.98. The van der Waals surface area contributed by atoms with Crippen LogP contribution >= 0.6 is 11.6 Å². The van der Waals surface area contributed by atoms with Crippen LogP contribution in [0.25, 0.3) is 17.2 Å². The Morgan fingerprint density at radius 3 is 2.55 bits per heavy atom. The molecule has 0 fully saturated rings. The third kappa shape index (κ3) is 5.74. The van der Waals surface area contributed by atoms with Crippen molar-refractivity contribution in [1.82, 2.24) is 4.98 Å². The van der Waals surface area contributed by atoms with Gasteiger partial charge in [-0.15, -0.1) is 0 Å². The smallest absolute Gasteiger partial charge is 0.264 e. The fourth-order valence-electron chi connectivity index (χ4n) is 2.97. The van der Waals surface area contributed by atoms with Crippen LogP contribution in [-0.2, 0) is 14.3 Å². The fraction of sp³-hybridized carbons (Fsp3) is 0.125. The van der Waals surface area contributed by atoms with Crippen molar-refractivity contribution in [1.29, 1.82) is 0 Å². The van der Waals surface area contributed by atoms with Gasteiger partial charge in [0.1, 0.15) is 24.2 Å². The van der Waals surface area contributed by atoms with E-state index >= 15 is 0 Å². The van der Waals surface area contributed by atoms with Gasteiger partial charge in [0.25, 0.3) is 10.1 Å². The second kappa shape index (κ2) is 8.94. The minimum absolute atomic E-state index is 0.0615. The van der Waals surface area contributed by atoms with E-state index in [2.05, 4.69) is 16.8 Å². The van der Waals surface area contributed by atoms with Crippen LogP contribution in [0.4, 0.5) is 0 Å². The van der Waals surface area contributed by atoms with Crippen LogP contribution in [0.1, 0.15) is 16.8 Å². The van der Waals surface area contributed by atoms with Crippen LogP contribution in [0.5, 0.6) is 5.75 Å². The first-order valence-corrected chi connectivity index (χ1v) is 11.6. The molecule has 2 heterocycles. The Labute approximate surface area is 186 Å². The average molecular weight is 452 g/mol. The molecular weight excluding hydrogens is 434 g/mol. The number of hydrogen-bond donors (Lipinski definition) is 0. The average Bonchev–Trinajstić information content (AvgIpc) is 2.76. The van der Waals surface area contributed by atoms with Crippen molar-refractivity contribution < 1.29 is 17.3 Å². The lowest BCUT2D eigenvalue weighted by molar-refractivity contribution is 0.166. The summed E-state index contributed by atoms with van der Waals surface area (Å²) in [5, 5.41) is 0.697. The molecule has 2 aromatic carbocycles. The van der Waals surface area contributed by atoms with Crippen molar-refractivity contribution in [2.45, 2.75) is 6.10 Å². The fourth-order valence-corrected chi connectivity index (χ4v) is 3.48. The van der Waals surface area contributed by atoms with Crippen molar-refractivity contribution in [3.8, 4) is 28.7 Å². The summed E-state index contributed by atoms with van der Waals surface area (Å²) in [6, 6.07) is 17.0. The molecule has 1 aromatic heterocycles. The van der Waals surface area contributed by atoms with E-state index in [0.29, 0.717) is 16.5 Å². The van der Waals surface area contributed by atoms with Crippen molar-refractivity contribution >= 4 is 27.8 Å². The summed E-state index contributed by atoms with van der Waals surface area (Å²) >= 11 is 5.93. The van der Waals surface area contributed by atoms with Crippen LogP contribution in [0.15, 0.2) is 66.9 Å². The normalized spacial score (nSPS) is 14.8. The van der Waals surface area contributed by atoms with E-state index in [1.807, 2.05) is 60.7 Å². The first-order chi connectivity index (χ1) is 14.9. The molecule has 1 aliphatic heterocycles. The standard InChI is InChI=1S/C24H18ClNO4S/c1-31(27,28)29-16-23-12-7-19-14-17(3-13-24(19)30-23)2-10-22-11-6-20(15-26-22)18-4-8-21(25)9-5-18/h3-9,11-15,23H,16H2,1H3. The Hall–Kier alpha value is -3.11. The Morgan fingerprint density at radius 1 is 1.06 bits per heavy atom. The molecule has 1 atom stereocenters. The lowest BCUT2D eigenvalue weighted by Crippen LogP contribution is -2.24. The van der Waals surface area contributed by atoms with Crippen molar-refractivity contribution in [3.63, 3.8) is 0 Å². The summed E-state index contributed by atoms with van der Waals surface area (Å²) in [5.41, 5.74) is 4.39. The van der Waals surface area contributed by atoms with Gasteiger partial charge in [0, 0.05) is 27.9 Å². The molecule has 0 aliphatic carbocycles. The zero-order chi connectivity index (χ0) is 21.8. The van der Waals surface area contributed by atoms with Gasteiger partial charge in [-0.3, -0.25) is 4.18 Å². The van der Waals surface area contributed by atoms with E-state index in [1.54, 1.807) is 12.3 Å². The third-order valence-electron chi connectivity index (χ3n) is 4.50. The van der Waals surface area contributed by atoms with Crippen molar-refractivity contribution in [3.05, 3.63) is 88.7 Å². The van der Waals surface area contributed by atoms with Crippen molar-refractivity contribution in [2.75, 3.05) is 12.9 Å². The maximum absolute atomic E-state index is 11.1. The summed E-state index contributed by atoms with van der Waals surface area (Å²) in [4.78, 5) is 4.42. The Morgan fingerprint density at radius 2 is 1.84 bits per heavy atom. The summed E-state index contributed by atoms with van der Waals surface area (Å²) in [6.45, 7) is -0.0615. The molecule has 4 rings (SSSR count). The molecule has 3 aromatic rings. The molecule has 0 amide bonds. The summed E-state index contributed by atoms with van der Waals surface area (Å²) in [5.74, 6) is 6.83. The Kier molecular flexibility index (Phi) is 6.10. The quantitative estimate of drug-likeness (QED) is 0.430. The Bertz CT molecular complexity index is 1290. The highest BCUT2D eigenvalue weighted by atomic mass is 35.5. The number of halogens is 1. The lowest BCUT2D eigenvalue weighted by Gasteiger charge is -2.21. The number of pyridine rings is 1. The molecule has 1 aliphatic rings. The number of nitrogens with zero attached hydrogens (tertiary/aromatic N) is 1. The van der Waals surface area contributed by atoms with Gasteiger partial charge < -0.3 is 4.74 Å².